The summed E-state index contributed by atoms with van der Waals surface area (Å²) in [5.41, 5.74) is 0. The maximum Gasteiger partial charge on any atom is 0.306 e. The molecule has 0 rings (SSSR count). The Bertz CT molecular complexity index is 215. The standard InChI is InChI=1S/C16H33NO2/c1-4-7-8-9-10-11-12-15(16(18)19)13-14-17(5-2)6-3/h15H,4-14H2,1-3H3,(H,18,19). The van der Waals surface area contributed by atoms with Crippen LogP contribution in [0.25, 0.3) is 0 Å². The van der Waals surface area contributed by atoms with Gasteiger partial charge in [0.1, 0.15) is 0 Å². The van der Waals surface area contributed by atoms with E-state index in [1.54, 1.807) is 0 Å². The van der Waals surface area contributed by atoms with E-state index >= 15 is 0 Å². The number of hydrogen-bond acceptors (Lipinski definition) is 2. The minimum atomic E-state index is -0.610. The molecule has 114 valence electrons. The number of carbonyl (C=O) groups is 1. The third-order valence-corrected chi connectivity index (χ3v) is 3.94. The summed E-state index contributed by atoms with van der Waals surface area (Å²) in [6.07, 6.45) is 9.04. The molecule has 0 radical (unpaired) electrons. The molecule has 3 nitrogen and oxygen atoms in total. The minimum absolute atomic E-state index is 0.147. The molecule has 1 unspecified atom stereocenters. The van der Waals surface area contributed by atoms with Gasteiger partial charge in [-0.05, 0) is 32.5 Å². The van der Waals surface area contributed by atoms with Crippen molar-refractivity contribution < 1.29 is 9.90 Å². The van der Waals surface area contributed by atoms with E-state index in [1.165, 1.54) is 32.1 Å². The molecule has 3 heteroatoms. The van der Waals surface area contributed by atoms with Crippen LogP contribution in [0.4, 0.5) is 0 Å². The average molecular weight is 271 g/mol. The van der Waals surface area contributed by atoms with E-state index < -0.39 is 5.97 Å². The normalized spacial score (nSPS) is 12.8. The van der Waals surface area contributed by atoms with Crippen LogP contribution >= 0.6 is 0 Å². The lowest BCUT2D eigenvalue weighted by atomic mass is 9.97. The van der Waals surface area contributed by atoms with Gasteiger partial charge >= 0.3 is 5.97 Å². The number of unbranched alkanes of at least 4 members (excludes halogenated alkanes) is 5. The lowest BCUT2D eigenvalue weighted by Gasteiger charge is -2.20. The van der Waals surface area contributed by atoms with Gasteiger partial charge in [0.15, 0.2) is 0 Å². The molecular weight excluding hydrogens is 238 g/mol. The smallest absolute Gasteiger partial charge is 0.306 e. The molecule has 0 aromatic rings. The molecule has 0 saturated heterocycles. The van der Waals surface area contributed by atoms with Crippen LogP contribution in [0.1, 0.15) is 72.1 Å². The fourth-order valence-corrected chi connectivity index (χ4v) is 2.44. The van der Waals surface area contributed by atoms with Crippen molar-refractivity contribution in [3.05, 3.63) is 0 Å². The molecule has 0 aliphatic carbocycles. The number of hydrogen-bond donors (Lipinski definition) is 1. The maximum atomic E-state index is 11.2. The molecule has 0 aromatic carbocycles. The first-order chi connectivity index (χ1) is 9.15. The van der Waals surface area contributed by atoms with Crippen LogP contribution in [0.5, 0.6) is 0 Å². The number of aliphatic carboxylic acids is 1. The summed E-state index contributed by atoms with van der Waals surface area (Å²) in [6.45, 7) is 9.42. The van der Waals surface area contributed by atoms with Crippen LogP contribution in [-0.4, -0.2) is 35.6 Å². The Morgan fingerprint density at radius 1 is 0.947 bits per heavy atom. The maximum absolute atomic E-state index is 11.2. The molecule has 0 fully saturated rings. The zero-order valence-electron chi connectivity index (χ0n) is 13.2. The third kappa shape index (κ3) is 9.94. The van der Waals surface area contributed by atoms with Gasteiger partial charge in [-0.2, -0.15) is 0 Å². The first-order valence-corrected chi connectivity index (χ1v) is 8.10. The van der Waals surface area contributed by atoms with Crippen LogP contribution in [0.3, 0.4) is 0 Å². The van der Waals surface area contributed by atoms with Crippen LogP contribution < -0.4 is 0 Å². The molecular formula is C16H33NO2. The molecule has 0 heterocycles. The van der Waals surface area contributed by atoms with Crippen molar-refractivity contribution in [3.8, 4) is 0 Å². The third-order valence-electron chi connectivity index (χ3n) is 3.94. The Hall–Kier alpha value is -0.570. The van der Waals surface area contributed by atoms with Crippen molar-refractivity contribution in [1.29, 1.82) is 0 Å². The molecule has 0 aromatic heterocycles. The second-order valence-corrected chi connectivity index (χ2v) is 5.41. The predicted molar refractivity (Wildman–Crippen MR) is 81.5 cm³/mol. The highest BCUT2D eigenvalue weighted by atomic mass is 16.4. The van der Waals surface area contributed by atoms with Crippen molar-refractivity contribution >= 4 is 5.97 Å². The highest BCUT2D eigenvalue weighted by Crippen LogP contribution is 2.16. The van der Waals surface area contributed by atoms with Crippen LogP contribution in [0.2, 0.25) is 0 Å². The fraction of sp³-hybridized carbons (Fsp3) is 0.938. The highest BCUT2D eigenvalue weighted by Gasteiger charge is 2.17. The average Bonchev–Trinajstić information content (AvgIpc) is 2.40. The highest BCUT2D eigenvalue weighted by molar-refractivity contribution is 5.69. The van der Waals surface area contributed by atoms with Crippen molar-refractivity contribution in [2.24, 2.45) is 5.92 Å². The Morgan fingerprint density at radius 3 is 2.05 bits per heavy atom. The quantitative estimate of drug-likeness (QED) is 0.511. The second-order valence-electron chi connectivity index (χ2n) is 5.41. The lowest BCUT2D eigenvalue weighted by molar-refractivity contribution is -0.142. The van der Waals surface area contributed by atoms with Gasteiger partial charge in [-0.1, -0.05) is 59.3 Å². The zero-order chi connectivity index (χ0) is 14.5. The van der Waals surface area contributed by atoms with E-state index in [0.717, 1.165) is 38.9 Å². The topological polar surface area (TPSA) is 40.5 Å². The summed E-state index contributed by atoms with van der Waals surface area (Å²) in [6, 6.07) is 0. The SMILES string of the molecule is CCCCCCCCC(CCN(CC)CC)C(=O)O. The van der Waals surface area contributed by atoms with Gasteiger partial charge in [-0.25, -0.2) is 0 Å². The number of carboxylic acids is 1. The summed E-state index contributed by atoms with van der Waals surface area (Å²) in [4.78, 5) is 13.5. The monoisotopic (exact) mass is 271 g/mol. The number of carboxylic acid groups (broad SMARTS) is 1. The Kier molecular flexibility index (Phi) is 12.1. The fourth-order valence-electron chi connectivity index (χ4n) is 2.44. The number of rotatable bonds is 13. The largest absolute Gasteiger partial charge is 0.481 e. The Labute approximate surface area is 119 Å². The van der Waals surface area contributed by atoms with Crippen LogP contribution in [-0.2, 0) is 4.79 Å². The summed E-state index contributed by atoms with van der Waals surface area (Å²) in [5, 5.41) is 9.25. The van der Waals surface area contributed by atoms with Gasteiger partial charge in [0, 0.05) is 0 Å². The molecule has 19 heavy (non-hydrogen) atoms. The predicted octanol–water partition coefficient (Wildman–Crippen LogP) is 4.17. The molecule has 1 N–H and O–H groups in total. The molecule has 0 amide bonds. The van der Waals surface area contributed by atoms with Crippen molar-refractivity contribution in [2.75, 3.05) is 19.6 Å². The van der Waals surface area contributed by atoms with E-state index in [2.05, 4.69) is 25.7 Å². The molecule has 1 atom stereocenters. The second kappa shape index (κ2) is 12.5. The summed E-state index contributed by atoms with van der Waals surface area (Å²) >= 11 is 0. The first-order valence-electron chi connectivity index (χ1n) is 8.10. The van der Waals surface area contributed by atoms with Gasteiger partial charge in [0.2, 0.25) is 0 Å². The van der Waals surface area contributed by atoms with Gasteiger partial charge in [0.25, 0.3) is 0 Å². The van der Waals surface area contributed by atoms with E-state index in [9.17, 15) is 9.90 Å². The van der Waals surface area contributed by atoms with E-state index in [1.807, 2.05) is 0 Å². The molecule has 0 bridgehead atoms. The Morgan fingerprint density at radius 2 is 1.53 bits per heavy atom. The lowest BCUT2D eigenvalue weighted by Crippen LogP contribution is -2.27. The molecule has 0 saturated carbocycles. The van der Waals surface area contributed by atoms with Crippen LogP contribution in [0.15, 0.2) is 0 Å². The van der Waals surface area contributed by atoms with Crippen molar-refractivity contribution in [2.45, 2.75) is 72.1 Å². The number of nitrogens with zero attached hydrogens (tertiary/aromatic N) is 1. The van der Waals surface area contributed by atoms with Crippen LogP contribution in [0, 0.1) is 5.92 Å². The van der Waals surface area contributed by atoms with Gasteiger partial charge in [0.05, 0.1) is 5.92 Å². The summed E-state index contributed by atoms with van der Waals surface area (Å²) < 4.78 is 0. The molecule has 0 aliphatic heterocycles. The van der Waals surface area contributed by atoms with Gasteiger partial charge in [-0.15, -0.1) is 0 Å². The van der Waals surface area contributed by atoms with E-state index in [-0.39, 0.29) is 5.92 Å². The molecule has 0 spiro atoms. The van der Waals surface area contributed by atoms with Crippen molar-refractivity contribution in [3.63, 3.8) is 0 Å². The zero-order valence-corrected chi connectivity index (χ0v) is 13.2. The molecule has 0 aliphatic rings. The van der Waals surface area contributed by atoms with Crippen molar-refractivity contribution in [1.82, 2.24) is 4.90 Å². The van der Waals surface area contributed by atoms with Gasteiger partial charge in [-0.3, -0.25) is 4.79 Å². The van der Waals surface area contributed by atoms with Gasteiger partial charge < -0.3 is 10.0 Å². The Balaban J connectivity index is 3.77. The minimum Gasteiger partial charge on any atom is -0.481 e. The van der Waals surface area contributed by atoms with E-state index in [4.69, 9.17) is 0 Å². The van der Waals surface area contributed by atoms with E-state index in [0.29, 0.717) is 0 Å². The summed E-state index contributed by atoms with van der Waals surface area (Å²) in [5.74, 6) is -0.757. The summed E-state index contributed by atoms with van der Waals surface area (Å²) in [7, 11) is 0. The first kappa shape index (κ1) is 18.4.